The molecule has 1 aromatic rings. The van der Waals surface area contributed by atoms with Gasteiger partial charge in [-0.15, -0.1) is 0 Å². The largest absolute Gasteiger partial charge is 0.338 e. The molecule has 0 bridgehead atoms. The molecule has 0 spiro atoms. The molecule has 2 rings (SSSR count). The molecule has 1 atom stereocenters. The highest BCUT2D eigenvalue weighted by Gasteiger charge is 2.26. The Morgan fingerprint density at radius 3 is 2.75 bits per heavy atom. The van der Waals surface area contributed by atoms with Crippen LogP contribution in [0.1, 0.15) is 75.5 Å². The van der Waals surface area contributed by atoms with Gasteiger partial charge >= 0.3 is 0 Å². The van der Waals surface area contributed by atoms with E-state index in [2.05, 4.69) is 23.3 Å². The van der Waals surface area contributed by atoms with Crippen LogP contribution < -0.4 is 5.73 Å². The summed E-state index contributed by atoms with van der Waals surface area (Å²) >= 11 is 1.79. The van der Waals surface area contributed by atoms with Crippen molar-refractivity contribution in [2.75, 3.05) is 12.0 Å². The van der Waals surface area contributed by atoms with Crippen LogP contribution >= 0.6 is 11.8 Å². The summed E-state index contributed by atoms with van der Waals surface area (Å²) in [6.07, 6.45) is 10.7. The van der Waals surface area contributed by atoms with E-state index < -0.39 is 0 Å². The number of nitrogens with two attached hydrogens (primary N) is 1. The highest BCUT2D eigenvalue weighted by Crippen LogP contribution is 2.36. The molecule has 1 aliphatic rings. The van der Waals surface area contributed by atoms with Crippen LogP contribution in [-0.4, -0.2) is 22.1 Å². The molecular weight excluding hydrogens is 270 g/mol. The number of aromatic nitrogens is 2. The minimum Gasteiger partial charge on any atom is -0.338 e. The smallest absolute Gasteiger partial charge is 0.243 e. The van der Waals surface area contributed by atoms with Crippen LogP contribution in [0, 0.1) is 5.92 Å². The Hall–Kier alpha value is -0.550. The van der Waals surface area contributed by atoms with E-state index in [9.17, 15) is 0 Å². The third-order valence-electron chi connectivity index (χ3n) is 4.32. The zero-order valence-corrected chi connectivity index (χ0v) is 13.5. The van der Waals surface area contributed by atoms with Crippen molar-refractivity contribution in [2.45, 2.75) is 63.8 Å². The van der Waals surface area contributed by atoms with Crippen molar-refractivity contribution in [3.8, 4) is 0 Å². The lowest BCUT2D eigenvalue weighted by Gasteiger charge is -2.26. The normalized spacial score (nSPS) is 24.8. The summed E-state index contributed by atoms with van der Waals surface area (Å²) in [5.74, 6) is 3.92. The number of hydrogen-bond acceptors (Lipinski definition) is 5. The zero-order valence-electron chi connectivity index (χ0n) is 12.7. The van der Waals surface area contributed by atoms with E-state index >= 15 is 0 Å². The molecule has 1 heterocycles. The summed E-state index contributed by atoms with van der Waals surface area (Å²) in [6.45, 7) is 2.27. The Morgan fingerprint density at radius 1 is 1.35 bits per heavy atom. The maximum atomic E-state index is 6.08. The van der Waals surface area contributed by atoms with E-state index in [1.54, 1.807) is 11.8 Å². The lowest BCUT2D eigenvalue weighted by atomic mass is 9.80. The van der Waals surface area contributed by atoms with Crippen LogP contribution in [-0.2, 0) is 0 Å². The summed E-state index contributed by atoms with van der Waals surface area (Å²) < 4.78 is 5.36. The molecule has 0 radical (unpaired) electrons. The Balaban J connectivity index is 1.86. The SMILES string of the molecule is CCCC1CCC(c2noc([C@@H](N)CCSC)n2)CC1. The summed E-state index contributed by atoms with van der Waals surface area (Å²) in [4.78, 5) is 4.55. The van der Waals surface area contributed by atoms with Gasteiger partial charge < -0.3 is 10.3 Å². The van der Waals surface area contributed by atoms with Gasteiger partial charge in [0.1, 0.15) is 0 Å². The summed E-state index contributed by atoms with van der Waals surface area (Å²) in [6, 6.07) is -0.111. The molecule has 0 aliphatic heterocycles. The van der Waals surface area contributed by atoms with Gasteiger partial charge in [-0.1, -0.05) is 24.9 Å². The molecular formula is C15H27N3OS. The summed E-state index contributed by atoms with van der Waals surface area (Å²) in [5.41, 5.74) is 6.08. The Bertz CT molecular complexity index is 388. The van der Waals surface area contributed by atoms with Crippen molar-refractivity contribution in [3.63, 3.8) is 0 Å². The molecule has 1 aliphatic carbocycles. The first-order valence-corrected chi connectivity index (χ1v) is 9.22. The van der Waals surface area contributed by atoms with Gasteiger partial charge in [-0.2, -0.15) is 16.7 Å². The third-order valence-corrected chi connectivity index (χ3v) is 4.96. The Labute approximate surface area is 126 Å². The average Bonchev–Trinajstić information content (AvgIpc) is 2.96. The van der Waals surface area contributed by atoms with Crippen molar-refractivity contribution in [2.24, 2.45) is 11.7 Å². The van der Waals surface area contributed by atoms with Crippen LogP contribution in [0.5, 0.6) is 0 Å². The predicted octanol–water partition coefficient (Wildman–Crippen LogP) is 3.90. The lowest BCUT2D eigenvalue weighted by molar-refractivity contribution is 0.293. The Morgan fingerprint density at radius 2 is 2.10 bits per heavy atom. The highest BCUT2D eigenvalue weighted by molar-refractivity contribution is 7.98. The lowest BCUT2D eigenvalue weighted by Crippen LogP contribution is -2.15. The summed E-state index contributed by atoms with van der Waals surface area (Å²) in [7, 11) is 0. The van der Waals surface area contributed by atoms with E-state index in [-0.39, 0.29) is 6.04 Å². The number of nitrogens with zero attached hydrogens (tertiary/aromatic N) is 2. The van der Waals surface area contributed by atoms with Crippen molar-refractivity contribution in [1.29, 1.82) is 0 Å². The molecule has 1 aromatic heterocycles. The van der Waals surface area contributed by atoms with E-state index in [0.717, 1.165) is 23.9 Å². The maximum absolute atomic E-state index is 6.08. The minimum absolute atomic E-state index is 0.111. The molecule has 5 heteroatoms. The number of rotatable bonds is 7. The van der Waals surface area contributed by atoms with Gasteiger partial charge in [-0.3, -0.25) is 0 Å². The second-order valence-electron chi connectivity index (χ2n) is 5.89. The minimum atomic E-state index is -0.111. The fourth-order valence-corrected chi connectivity index (χ4v) is 3.54. The average molecular weight is 297 g/mol. The fourth-order valence-electron chi connectivity index (χ4n) is 3.05. The first-order valence-electron chi connectivity index (χ1n) is 7.82. The fraction of sp³-hybridized carbons (Fsp3) is 0.867. The predicted molar refractivity (Wildman–Crippen MR) is 83.8 cm³/mol. The van der Waals surface area contributed by atoms with Gasteiger partial charge in [0, 0.05) is 5.92 Å². The number of thioether (sulfide) groups is 1. The van der Waals surface area contributed by atoms with Crippen molar-refractivity contribution in [3.05, 3.63) is 11.7 Å². The molecule has 4 nitrogen and oxygen atoms in total. The second-order valence-corrected chi connectivity index (χ2v) is 6.87. The molecule has 0 saturated heterocycles. The monoisotopic (exact) mass is 297 g/mol. The van der Waals surface area contributed by atoms with E-state index in [4.69, 9.17) is 10.3 Å². The van der Waals surface area contributed by atoms with Gasteiger partial charge in [-0.25, -0.2) is 0 Å². The Kier molecular flexibility index (Phi) is 6.36. The third kappa shape index (κ3) is 4.22. The highest BCUT2D eigenvalue weighted by atomic mass is 32.2. The van der Waals surface area contributed by atoms with Gasteiger partial charge in [-0.05, 0) is 50.0 Å². The second kappa shape index (κ2) is 8.03. The molecule has 20 heavy (non-hydrogen) atoms. The zero-order chi connectivity index (χ0) is 14.4. The van der Waals surface area contributed by atoms with Crippen LogP contribution in [0.4, 0.5) is 0 Å². The van der Waals surface area contributed by atoms with Crippen LogP contribution in [0.2, 0.25) is 0 Å². The van der Waals surface area contributed by atoms with Crippen molar-refractivity contribution >= 4 is 11.8 Å². The van der Waals surface area contributed by atoms with Crippen molar-refractivity contribution < 1.29 is 4.52 Å². The van der Waals surface area contributed by atoms with Gasteiger partial charge in [0.2, 0.25) is 5.89 Å². The van der Waals surface area contributed by atoms with E-state index in [1.807, 2.05) is 0 Å². The quantitative estimate of drug-likeness (QED) is 0.827. The van der Waals surface area contributed by atoms with Crippen LogP contribution in [0.25, 0.3) is 0 Å². The van der Waals surface area contributed by atoms with Crippen LogP contribution in [0.15, 0.2) is 4.52 Å². The van der Waals surface area contributed by atoms with Crippen molar-refractivity contribution in [1.82, 2.24) is 10.1 Å². The molecule has 1 fully saturated rings. The van der Waals surface area contributed by atoms with Gasteiger partial charge in [0.25, 0.3) is 0 Å². The first kappa shape index (κ1) is 15.8. The molecule has 0 unspecified atom stereocenters. The molecule has 0 aromatic carbocycles. The van der Waals surface area contributed by atoms with E-state index in [1.165, 1.54) is 38.5 Å². The maximum Gasteiger partial charge on any atom is 0.243 e. The molecule has 114 valence electrons. The first-order chi connectivity index (χ1) is 9.74. The van der Waals surface area contributed by atoms with E-state index in [0.29, 0.717) is 11.8 Å². The molecule has 0 amide bonds. The number of hydrogen-bond donors (Lipinski definition) is 1. The molecule has 2 N–H and O–H groups in total. The van der Waals surface area contributed by atoms with Gasteiger partial charge in [0.05, 0.1) is 6.04 Å². The van der Waals surface area contributed by atoms with Crippen LogP contribution in [0.3, 0.4) is 0 Å². The van der Waals surface area contributed by atoms with Gasteiger partial charge in [0.15, 0.2) is 5.82 Å². The molecule has 1 saturated carbocycles. The standard InChI is InChI=1S/C15H27N3OS/c1-3-4-11-5-7-12(8-6-11)14-17-15(19-18-14)13(16)9-10-20-2/h11-13H,3-10,16H2,1-2H3/t11?,12?,13-/m0/s1. The topological polar surface area (TPSA) is 64.9 Å². The summed E-state index contributed by atoms with van der Waals surface area (Å²) in [5, 5.41) is 4.17.